The highest BCUT2D eigenvalue weighted by Crippen LogP contribution is 2.30. The lowest BCUT2D eigenvalue weighted by Gasteiger charge is -2.08. The number of ketones is 1. The largest absolute Gasteiger partial charge is 0.477 e. The smallest absolute Gasteiger partial charge is 0.342 e. The number of thioether (sulfide) groups is 1. The zero-order valence-electron chi connectivity index (χ0n) is 9.49. The van der Waals surface area contributed by atoms with Crippen molar-refractivity contribution < 1.29 is 19.1 Å². The van der Waals surface area contributed by atoms with Gasteiger partial charge in [0.1, 0.15) is 11.4 Å². The van der Waals surface area contributed by atoms with Crippen LogP contribution in [0.15, 0.2) is 28.8 Å². The first-order valence-corrected chi connectivity index (χ1v) is 6.14. The number of carbonyl (C=O) groups excluding carboxylic acids is 1. The van der Waals surface area contributed by atoms with E-state index >= 15 is 0 Å². The van der Waals surface area contributed by atoms with E-state index in [1.54, 1.807) is 19.1 Å². The number of carbonyl (C=O) groups is 2. The second-order valence-corrected chi connectivity index (χ2v) is 4.80. The molecule has 0 amide bonds. The molecule has 0 saturated carbocycles. The molecule has 0 bridgehead atoms. The van der Waals surface area contributed by atoms with E-state index < -0.39 is 11.8 Å². The van der Waals surface area contributed by atoms with Crippen molar-refractivity contribution in [1.29, 1.82) is 0 Å². The number of benzene rings is 1. The summed E-state index contributed by atoms with van der Waals surface area (Å²) >= 11 is 1.11. The third-order valence-electron chi connectivity index (χ3n) is 2.50. The number of carboxylic acids is 1. The number of carboxylic acid groups (broad SMARTS) is 1. The highest BCUT2D eigenvalue weighted by atomic mass is 32.2. The molecule has 1 heterocycles. The van der Waals surface area contributed by atoms with Gasteiger partial charge in [-0.05, 0) is 24.6 Å². The van der Waals surface area contributed by atoms with Crippen molar-refractivity contribution in [3.63, 3.8) is 0 Å². The molecule has 6 heteroatoms. The molecule has 0 spiro atoms. The van der Waals surface area contributed by atoms with Gasteiger partial charge in [-0.15, -0.1) is 0 Å². The molecular weight excluding hydrogens is 257 g/mol. The standard InChI is InChI=1S/C12H10FNO3S/c1-6-2-3-7(4-8(6)13)14-11-10(12(16)17)9(15)5-18-11/h2-4,14H,5H2,1H3,(H,16,17). The molecule has 4 nitrogen and oxygen atoms in total. The van der Waals surface area contributed by atoms with Crippen LogP contribution in [0.5, 0.6) is 0 Å². The van der Waals surface area contributed by atoms with Crippen molar-refractivity contribution in [1.82, 2.24) is 0 Å². The summed E-state index contributed by atoms with van der Waals surface area (Å²) in [6, 6.07) is 4.49. The fourth-order valence-corrected chi connectivity index (χ4v) is 2.48. The summed E-state index contributed by atoms with van der Waals surface area (Å²) in [5, 5.41) is 12.0. The summed E-state index contributed by atoms with van der Waals surface area (Å²) in [6.07, 6.45) is 0. The van der Waals surface area contributed by atoms with Gasteiger partial charge in [-0.25, -0.2) is 9.18 Å². The summed E-state index contributed by atoms with van der Waals surface area (Å²) in [5.74, 6) is -1.98. The maximum Gasteiger partial charge on any atom is 0.342 e. The van der Waals surface area contributed by atoms with Crippen molar-refractivity contribution in [3.05, 3.63) is 40.2 Å². The first kappa shape index (κ1) is 12.6. The summed E-state index contributed by atoms with van der Waals surface area (Å²) in [5.41, 5.74) is 0.665. The van der Waals surface area contributed by atoms with Crippen molar-refractivity contribution in [3.8, 4) is 0 Å². The number of nitrogens with one attached hydrogen (secondary N) is 1. The van der Waals surface area contributed by atoms with Gasteiger partial charge in [-0.1, -0.05) is 17.8 Å². The van der Waals surface area contributed by atoms with Crippen LogP contribution in [0.25, 0.3) is 0 Å². The van der Waals surface area contributed by atoms with Crippen LogP contribution < -0.4 is 5.32 Å². The van der Waals surface area contributed by atoms with Crippen LogP contribution in [0, 0.1) is 12.7 Å². The van der Waals surface area contributed by atoms with E-state index in [1.807, 2.05) is 0 Å². The van der Waals surface area contributed by atoms with Crippen molar-refractivity contribution in [2.75, 3.05) is 11.1 Å². The van der Waals surface area contributed by atoms with Crippen LogP contribution >= 0.6 is 11.8 Å². The van der Waals surface area contributed by atoms with E-state index in [1.165, 1.54) is 6.07 Å². The molecule has 0 radical (unpaired) electrons. The Labute approximate surface area is 107 Å². The summed E-state index contributed by atoms with van der Waals surface area (Å²) in [6.45, 7) is 1.63. The van der Waals surface area contributed by atoms with Gasteiger partial charge in [-0.2, -0.15) is 0 Å². The number of hydrogen-bond acceptors (Lipinski definition) is 4. The van der Waals surface area contributed by atoms with Crippen LogP contribution in [0.3, 0.4) is 0 Å². The highest BCUT2D eigenvalue weighted by Gasteiger charge is 2.29. The molecular formula is C12H10FNO3S. The van der Waals surface area contributed by atoms with Crippen LogP contribution in [-0.2, 0) is 9.59 Å². The van der Waals surface area contributed by atoms with Gasteiger partial charge >= 0.3 is 5.97 Å². The average molecular weight is 267 g/mol. The van der Waals surface area contributed by atoms with Crippen LogP contribution in [-0.4, -0.2) is 22.6 Å². The van der Waals surface area contributed by atoms with Gasteiger partial charge in [0.2, 0.25) is 0 Å². The normalized spacial score (nSPS) is 15.1. The number of rotatable bonds is 3. The van der Waals surface area contributed by atoms with E-state index in [0.29, 0.717) is 11.3 Å². The Hall–Kier alpha value is -1.82. The molecule has 2 rings (SSSR count). The molecule has 1 aromatic carbocycles. The maximum absolute atomic E-state index is 13.3. The quantitative estimate of drug-likeness (QED) is 0.821. The highest BCUT2D eigenvalue weighted by molar-refractivity contribution is 8.04. The number of aryl methyl sites for hydroxylation is 1. The van der Waals surface area contributed by atoms with Crippen LogP contribution in [0.4, 0.5) is 10.1 Å². The average Bonchev–Trinajstić information content (AvgIpc) is 2.65. The molecule has 1 aliphatic rings. The van der Waals surface area contributed by atoms with E-state index in [9.17, 15) is 14.0 Å². The zero-order valence-corrected chi connectivity index (χ0v) is 10.3. The van der Waals surface area contributed by atoms with Gasteiger partial charge in [0, 0.05) is 5.69 Å². The second kappa shape index (κ2) is 4.81. The van der Waals surface area contributed by atoms with Gasteiger partial charge in [-0.3, -0.25) is 4.79 Å². The predicted octanol–water partition coefficient (Wildman–Crippen LogP) is 2.16. The Morgan fingerprint density at radius 2 is 2.22 bits per heavy atom. The predicted molar refractivity (Wildman–Crippen MR) is 66.9 cm³/mol. The lowest BCUT2D eigenvalue weighted by molar-refractivity contribution is -0.134. The third kappa shape index (κ3) is 2.38. The summed E-state index contributed by atoms with van der Waals surface area (Å²) in [7, 11) is 0. The minimum atomic E-state index is -1.26. The minimum Gasteiger partial charge on any atom is -0.477 e. The van der Waals surface area contributed by atoms with E-state index in [0.717, 1.165) is 11.8 Å². The number of halogens is 1. The molecule has 0 unspecified atom stereocenters. The molecule has 0 fully saturated rings. The molecule has 1 aliphatic heterocycles. The first-order chi connectivity index (χ1) is 8.49. The van der Waals surface area contributed by atoms with Crippen molar-refractivity contribution >= 4 is 29.2 Å². The summed E-state index contributed by atoms with van der Waals surface area (Å²) in [4.78, 5) is 22.3. The van der Waals surface area contributed by atoms with E-state index in [2.05, 4.69) is 5.32 Å². The fourth-order valence-electron chi connectivity index (χ4n) is 1.53. The maximum atomic E-state index is 13.3. The topological polar surface area (TPSA) is 66.4 Å². The number of Topliss-reactive ketones (excluding diaryl/α,β-unsaturated/α-hetero) is 1. The Morgan fingerprint density at radius 1 is 1.50 bits per heavy atom. The van der Waals surface area contributed by atoms with Gasteiger partial charge < -0.3 is 10.4 Å². The van der Waals surface area contributed by atoms with Crippen molar-refractivity contribution in [2.45, 2.75) is 6.92 Å². The van der Waals surface area contributed by atoms with Gasteiger partial charge in [0.15, 0.2) is 5.78 Å². The lowest BCUT2D eigenvalue weighted by Crippen LogP contribution is -2.12. The third-order valence-corrected chi connectivity index (χ3v) is 3.50. The molecule has 0 aromatic heterocycles. The lowest BCUT2D eigenvalue weighted by atomic mass is 10.2. The molecule has 2 N–H and O–H groups in total. The zero-order chi connectivity index (χ0) is 13.3. The number of aliphatic carboxylic acids is 1. The fraction of sp³-hybridized carbons (Fsp3) is 0.167. The van der Waals surface area contributed by atoms with Gasteiger partial charge in [0.25, 0.3) is 0 Å². The Kier molecular flexibility index (Phi) is 3.38. The van der Waals surface area contributed by atoms with Crippen LogP contribution in [0.2, 0.25) is 0 Å². The molecule has 18 heavy (non-hydrogen) atoms. The Bertz CT molecular complexity index is 568. The molecule has 0 aliphatic carbocycles. The monoisotopic (exact) mass is 267 g/mol. The Morgan fingerprint density at radius 3 is 2.83 bits per heavy atom. The summed E-state index contributed by atoms with van der Waals surface area (Å²) < 4.78 is 13.3. The minimum absolute atomic E-state index is 0.0955. The number of anilines is 1. The SMILES string of the molecule is Cc1ccc(NC2=C(C(=O)O)C(=O)CS2)cc1F. The number of hydrogen-bond donors (Lipinski definition) is 2. The first-order valence-electron chi connectivity index (χ1n) is 5.16. The molecule has 0 atom stereocenters. The second-order valence-electron chi connectivity index (χ2n) is 3.81. The molecule has 94 valence electrons. The molecule has 0 saturated heterocycles. The van der Waals surface area contributed by atoms with Crippen LogP contribution in [0.1, 0.15) is 5.56 Å². The van der Waals surface area contributed by atoms with E-state index in [-0.39, 0.29) is 22.2 Å². The molecule has 1 aromatic rings. The van der Waals surface area contributed by atoms with Gasteiger partial charge in [0.05, 0.1) is 10.8 Å². The van der Waals surface area contributed by atoms with Crippen molar-refractivity contribution in [2.24, 2.45) is 0 Å². The van der Waals surface area contributed by atoms with E-state index in [4.69, 9.17) is 5.11 Å². The Balaban J connectivity index is 2.30.